The maximum absolute atomic E-state index is 4.51. The minimum Gasteiger partial charge on any atom is -0.305 e. The van der Waals surface area contributed by atoms with Gasteiger partial charge < -0.3 is 5.32 Å². The van der Waals surface area contributed by atoms with Gasteiger partial charge in [0, 0.05) is 37.8 Å². The van der Waals surface area contributed by atoms with Crippen LogP contribution in [0.1, 0.15) is 24.6 Å². The third-order valence-corrected chi connectivity index (χ3v) is 5.26. The van der Waals surface area contributed by atoms with Gasteiger partial charge in [-0.2, -0.15) is 0 Å². The lowest BCUT2D eigenvalue weighted by molar-refractivity contribution is 0.303. The summed E-state index contributed by atoms with van der Waals surface area (Å²) in [5.74, 6) is 0.954. The average Bonchev–Trinajstić information content (AvgIpc) is 3.10. The SMILES string of the molecule is Cl.c1ccc(-c2nnn3c2CNC2CN(CC4CC4)CC23)cc1. The van der Waals surface area contributed by atoms with E-state index in [4.69, 9.17) is 0 Å². The molecule has 0 bridgehead atoms. The first-order chi connectivity index (χ1) is 10.9. The number of benzene rings is 1. The van der Waals surface area contributed by atoms with Crippen LogP contribution >= 0.6 is 12.4 Å². The second-order valence-electron chi connectivity index (χ2n) is 6.91. The molecule has 2 aliphatic heterocycles. The van der Waals surface area contributed by atoms with Crippen LogP contribution in [0.25, 0.3) is 11.3 Å². The number of fused-ring (bicyclic) bond motifs is 3. The largest absolute Gasteiger partial charge is 0.305 e. The molecule has 0 radical (unpaired) electrons. The molecule has 1 aromatic carbocycles. The second kappa shape index (κ2) is 5.89. The molecule has 2 fully saturated rings. The molecular weight excluding hydrogens is 310 g/mol. The third-order valence-electron chi connectivity index (χ3n) is 5.26. The molecule has 0 amide bonds. The molecule has 2 aromatic rings. The summed E-state index contributed by atoms with van der Waals surface area (Å²) in [4.78, 5) is 2.61. The van der Waals surface area contributed by atoms with Crippen LogP contribution in [-0.4, -0.2) is 45.6 Å². The summed E-state index contributed by atoms with van der Waals surface area (Å²) in [7, 11) is 0. The molecule has 1 N–H and O–H groups in total. The molecule has 5 nitrogen and oxygen atoms in total. The van der Waals surface area contributed by atoms with Crippen LogP contribution < -0.4 is 5.32 Å². The molecular formula is C17H22ClN5. The first kappa shape index (κ1) is 15.1. The molecule has 2 unspecified atom stereocenters. The molecule has 0 spiro atoms. The lowest BCUT2D eigenvalue weighted by atomic mass is 10.1. The zero-order valence-corrected chi connectivity index (χ0v) is 13.9. The number of nitrogens with one attached hydrogen (secondary N) is 1. The van der Waals surface area contributed by atoms with Gasteiger partial charge in [0.25, 0.3) is 0 Å². The van der Waals surface area contributed by atoms with Crippen molar-refractivity contribution in [1.29, 1.82) is 0 Å². The minimum atomic E-state index is 0. The monoisotopic (exact) mass is 331 g/mol. The number of likely N-dealkylation sites (tertiary alicyclic amines) is 1. The Morgan fingerprint density at radius 1 is 1.13 bits per heavy atom. The summed E-state index contributed by atoms with van der Waals surface area (Å²) in [6, 6.07) is 11.4. The zero-order chi connectivity index (χ0) is 14.5. The van der Waals surface area contributed by atoms with Crippen LogP contribution in [0.3, 0.4) is 0 Å². The summed E-state index contributed by atoms with van der Waals surface area (Å²) in [6.07, 6.45) is 2.85. The summed E-state index contributed by atoms with van der Waals surface area (Å²) in [6.45, 7) is 4.40. The Hall–Kier alpha value is -1.43. The summed E-state index contributed by atoms with van der Waals surface area (Å²) in [5.41, 5.74) is 3.43. The van der Waals surface area contributed by atoms with E-state index in [9.17, 15) is 0 Å². The van der Waals surface area contributed by atoms with Gasteiger partial charge in [0.1, 0.15) is 5.69 Å². The lowest BCUT2D eigenvalue weighted by Gasteiger charge is -2.27. The van der Waals surface area contributed by atoms with Crippen LogP contribution in [0.2, 0.25) is 0 Å². The number of halogens is 1. The van der Waals surface area contributed by atoms with E-state index in [-0.39, 0.29) is 12.4 Å². The van der Waals surface area contributed by atoms with Crippen molar-refractivity contribution in [1.82, 2.24) is 25.2 Å². The van der Waals surface area contributed by atoms with E-state index in [0.29, 0.717) is 12.1 Å². The Morgan fingerprint density at radius 3 is 2.74 bits per heavy atom. The Bertz CT molecular complexity index is 682. The van der Waals surface area contributed by atoms with Gasteiger partial charge in [-0.25, -0.2) is 4.68 Å². The molecule has 3 aliphatic rings. The molecule has 2 atom stereocenters. The van der Waals surface area contributed by atoms with Gasteiger partial charge in [-0.3, -0.25) is 4.90 Å². The van der Waals surface area contributed by atoms with Gasteiger partial charge in [0.15, 0.2) is 0 Å². The van der Waals surface area contributed by atoms with Gasteiger partial charge in [-0.15, -0.1) is 17.5 Å². The van der Waals surface area contributed by atoms with Gasteiger partial charge in [-0.05, 0) is 18.8 Å². The van der Waals surface area contributed by atoms with Gasteiger partial charge in [0.05, 0.1) is 11.7 Å². The van der Waals surface area contributed by atoms with Gasteiger partial charge >= 0.3 is 0 Å². The van der Waals surface area contributed by atoms with Crippen molar-refractivity contribution in [2.45, 2.75) is 31.5 Å². The average molecular weight is 332 g/mol. The fourth-order valence-electron chi connectivity index (χ4n) is 3.92. The Labute approximate surface area is 142 Å². The highest BCUT2D eigenvalue weighted by Gasteiger charge is 2.40. The number of rotatable bonds is 3. The predicted molar refractivity (Wildman–Crippen MR) is 91.5 cm³/mol. The van der Waals surface area contributed by atoms with Crippen molar-refractivity contribution in [2.75, 3.05) is 19.6 Å². The number of aromatic nitrogens is 3. The van der Waals surface area contributed by atoms with Crippen LogP contribution in [0.4, 0.5) is 0 Å². The lowest BCUT2D eigenvalue weighted by Crippen LogP contribution is -2.42. The van der Waals surface area contributed by atoms with Crippen molar-refractivity contribution in [2.24, 2.45) is 5.92 Å². The van der Waals surface area contributed by atoms with Gasteiger partial charge in [-0.1, -0.05) is 35.5 Å². The van der Waals surface area contributed by atoms with Crippen molar-refractivity contribution in [3.8, 4) is 11.3 Å². The van der Waals surface area contributed by atoms with E-state index in [0.717, 1.165) is 36.8 Å². The molecule has 6 heteroatoms. The molecule has 1 aliphatic carbocycles. The summed E-state index contributed by atoms with van der Waals surface area (Å²) < 4.78 is 2.19. The van der Waals surface area contributed by atoms with Crippen molar-refractivity contribution in [3.05, 3.63) is 36.0 Å². The molecule has 5 rings (SSSR count). The highest BCUT2D eigenvalue weighted by Crippen LogP contribution is 2.35. The highest BCUT2D eigenvalue weighted by atomic mass is 35.5. The Morgan fingerprint density at radius 2 is 1.96 bits per heavy atom. The first-order valence-electron chi connectivity index (χ1n) is 8.34. The minimum absolute atomic E-state index is 0. The van der Waals surface area contributed by atoms with E-state index in [2.05, 4.69) is 49.5 Å². The van der Waals surface area contributed by atoms with Crippen molar-refractivity contribution < 1.29 is 0 Å². The van der Waals surface area contributed by atoms with E-state index >= 15 is 0 Å². The summed E-state index contributed by atoms with van der Waals surface area (Å²) in [5, 5.41) is 12.7. The number of nitrogens with zero attached hydrogens (tertiary/aromatic N) is 4. The predicted octanol–water partition coefficient (Wildman–Crippen LogP) is 2.11. The van der Waals surface area contributed by atoms with E-state index in [1.807, 2.05) is 6.07 Å². The van der Waals surface area contributed by atoms with Crippen LogP contribution in [0.5, 0.6) is 0 Å². The van der Waals surface area contributed by atoms with Crippen molar-refractivity contribution in [3.63, 3.8) is 0 Å². The number of hydrogen-bond acceptors (Lipinski definition) is 4. The normalized spacial score (nSPS) is 26.4. The van der Waals surface area contributed by atoms with E-state index < -0.39 is 0 Å². The molecule has 122 valence electrons. The standard InChI is InChI=1S/C17H21N5.ClH/c1-2-4-13(5-3-1)17-15-8-18-14-10-21(9-12-6-7-12)11-16(14)22(15)20-19-17;/h1-5,12,14,16,18H,6-11H2;1H. The maximum atomic E-state index is 4.51. The summed E-state index contributed by atoms with van der Waals surface area (Å²) >= 11 is 0. The smallest absolute Gasteiger partial charge is 0.117 e. The quantitative estimate of drug-likeness (QED) is 0.935. The molecule has 1 saturated heterocycles. The Kier molecular flexibility index (Phi) is 3.87. The molecule has 3 heterocycles. The maximum Gasteiger partial charge on any atom is 0.117 e. The van der Waals surface area contributed by atoms with Crippen LogP contribution in [0.15, 0.2) is 30.3 Å². The van der Waals surface area contributed by atoms with Gasteiger partial charge in [0.2, 0.25) is 0 Å². The van der Waals surface area contributed by atoms with Crippen molar-refractivity contribution >= 4 is 12.4 Å². The first-order valence-corrected chi connectivity index (χ1v) is 8.34. The molecule has 23 heavy (non-hydrogen) atoms. The van der Waals surface area contributed by atoms with Crippen LogP contribution in [0, 0.1) is 5.92 Å². The zero-order valence-electron chi connectivity index (χ0n) is 13.1. The third kappa shape index (κ3) is 2.67. The second-order valence-corrected chi connectivity index (χ2v) is 6.91. The van der Waals surface area contributed by atoms with E-state index in [1.54, 1.807) is 0 Å². The van der Waals surface area contributed by atoms with Crippen LogP contribution in [-0.2, 0) is 6.54 Å². The number of hydrogen-bond donors (Lipinski definition) is 1. The topological polar surface area (TPSA) is 46.0 Å². The molecule has 1 saturated carbocycles. The fraction of sp³-hybridized carbons (Fsp3) is 0.529. The van der Waals surface area contributed by atoms with E-state index in [1.165, 1.54) is 25.1 Å². The Balaban J connectivity index is 0.00000135. The molecule has 1 aromatic heterocycles. The fourth-order valence-corrected chi connectivity index (χ4v) is 3.92. The highest BCUT2D eigenvalue weighted by molar-refractivity contribution is 5.85.